The van der Waals surface area contributed by atoms with E-state index in [4.69, 9.17) is 0 Å². The van der Waals surface area contributed by atoms with Gasteiger partial charge in [-0.25, -0.2) is 0 Å². The van der Waals surface area contributed by atoms with Crippen LogP contribution in [0.2, 0.25) is 0 Å². The molecule has 1 aromatic heterocycles. The van der Waals surface area contributed by atoms with Crippen LogP contribution >= 0.6 is 0 Å². The van der Waals surface area contributed by atoms with E-state index in [1.54, 1.807) is 0 Å². The van der Waals surface area contributed by atoms with Crippen molar-refractivity contribution in [3.8, 4) is 0 Å². The average Bonchev–Trinajstić information content (AvgIpc) is 2.88. The van der Waals surface area contributed by atoms with Gasteiger partial charge in [0.05, 0.1) is 6.54 Å². The fourth-order valence-electron chi connectivity index (χ4n) is 3.35. The first-order chi connectivity index (χ1) is 9.45. The van der Waals surface area contributed by atoms with E-state index in [-0.39, 0.29) is 0 Å². The zero-order chi connectivity index (χ0) is 14.6. The highest BCUT2D eigenvalue weighted by Gasteiger charge is 2.29. The molecular formula is C17H31N3. The van der Waals surface area contributed by atoms with E-state index >= 15 is 0 Å². The van der Waals surface area contributed by atoms with Crippen molar-refractivity contribution in [2.24, 2.45) is 17.3 Å². The predicted octanol–water partition coefficient (Wildman–Crippen LogP) is 3.71. The third-order valence-corrected chi connectivity index (χ3v) is 4.85. The summed E-state index contributed by atoms with van der Waals surface area (Å²) in [6.45, 7) is 11.6. The monoisotopic (exact) mass is 277 g/mol. The van der Waals surface area contributed by atoms with Gasteiger partial charge in [-0.2, -0.15) is 5.10 Å². The molecular weight excluding hydrogens is 246 g/mol. The van der Waals surface area contributed by atoms with Gasteiger partial charge in [0.15, 0.2) is 0 Å². The number of nitrogens with one attached hydrogen (secondary N) is 1. The minimum atomic E-state index is 0.492. The molecule has 1 atom stereocenters. The molecule has 0 aromatic carbocycles. The van der Waals surface area contributed by atoms with E-state index in [0.717, 1.165) is 18.4 Å². The second-order valence-corrected chi connectivity index (χ2v) is 7.62. The first-order valence-corrected chi connectivity index (χ1v) is 8.16. The smallest absolute Gasteiger partial charge is 0.0559 e. The second kappa shape index (κ2) is 6.75. The fourth-order valence-corrected chi connectivity index (χ4v) is 3.35. The highest BCUT2D eigenvalue weighted by Crippen LogP contribution is 2.39. The average molecular weight is 277 g/mol. The standard InChI is InChI=1S/C17H31N3/c1-14(13-20-11-5-10-19-20)18-12-15-6-8-16(9-7-15)17(2,3)4/h5,10-11,14-16,18H,6-9,12-13H2,1-4H3. The molecule has 1 aliphatic rings. The molecule has 2 rings (SSSR count). The van der Waals surface area contributed by atoms with E-state index in [2.05, 4.69) is 38.1 Å². The summed E-state index contributed by atoms with van der Waals surface area (Å²) < 4.78 is 2.01. The van der Waals surface area contributed by atoms with Crippen molar-refractivity contribution in [1.29, 1.82) is 0 Å². The van der Waals surface area contributed by atoms with E-state index in [1.165, 1.54) is 32.2 Å². The van der Waals surface area contributed by atoms with Crippen LogP contribution in [0.25, 0.3) is 0 Å². The van der Waals surface area contributed by atoms with E-state index in [1.807, 2.05) is 23.1 Å². The third-order valence-electron chi connectivity index (χ3n) is 4.85. The highest BCUT2D eigenvalue weighted by molar-refractivity contribution is 4.82. The largest absolute Gasteiger partial charge is 0.312 e. The molecule has 0 amide bonds. The van der Waals surface area contributed by atoms with Gasteiger partial charge in [0, 0.05) is 18.4 Å². The van der Waals surface area contributed by atoms with Crippen molar-refractivity contribution in [1.82, 2.24) is 15.1 Å². The van der Waals surface area contributed by atoms with Crippen molar-refractivity contribution < 1.29 is 0 Å². The Morgan fingerprint density at radius 1 is 1.25 bits per heavy atom. The van der Waals surface area contributed by atoms with E-state index in [9.17, 15) is 0 Å². The van der Waals surface area contributed by atoms with Crippen LogP contribution in [0.1, 0.15) is 53.4 Å². The van der Waals surface area contributed by atoms with Crippen molar-refractivity contribution in [2.45, 2.75) is 66.0 Å². The Labute approximate surface area is 124 Å². The molecule has 0 bridgehead atoms. The van der Waals surface area contributed by atoms with Crippen LogP contribution in [-0.2, 0) is 6.54 Å². The quantitative estimate of drug-likeness (QED) is 0.889. The Balaban J connectivity index is 1.66. The SMILES string of the molecule is CC(Cn1cccn1)NCC1CCC(C(C)(C)C)CC1. The van der Waals surface area contributed by atoms with Gasteiger partial charge in [-0.15, -0.1) is 0 Å². The molecule has 1 saturated carbocycles. The van der Waals surface area contributed by atoms with Gasteiger partial charge in [-0.1, -0.05) is 20.8 Å². The molecule has 1 unspecified atom stereocenters. The first-order valence-electron chi connectivity index (χ1n) is 8.16. The zero-order valence-electron chi connectivity index (χ0n) is 13.6. The van der Waals surface area contributed by atoms with Gasteiger partial charge >= 0.3 is 0 Å². The van der Waals surface area contributed by atoms with E-state index in [0.29, 0.717) is 11.5 Å². The van der Waals surface area contributed by atoms with Crippen molar-refractivity contribution in [2.75, 3.05) is 6.54 Å². The lowest BCUT2D eigenvalue weighted by Gasteiger charge is -2.37. The summed E-state index contributed by atoms with van der Waals surface area (Å²) in [5, 5.41) is 7.95. The lowest BCUT2D eigenvalue weighted by atomic mass is 9.70. The third kappa shape index (κ3) is 4.62. The molecule has 3 heteroatoms. The van der Waals surface area contributed by atoms with E-state index < -0.39 is 0 Å². The predicted molar refractivity (Wildman–Crippen MR) is 84.6 cm³/mol. The lowest BCUT2D eigenvalue weighted by molar-refractivity contribution is 0.147. The van der Waals surface area contributed by atoms with Crippen LogP contribution in [-0.4, -0.2) is 22.4 Å². The highest BCUT2D eigenvalue weighted by atomic mass is 15.3. The molecule has 1 aromatic rings. The maximum absolute atomic E-state index is 4.26. The zero-order valence-corrected chi connectivity index (χ0v) is 13.6. The summed E-state index contributed by atoms with van der Waals surface area (Å²) in [5.41, 5.74) is 0.492. The molecule has 0 radical (unpaired) electrons. The molecule has 1 heterocycles. The summed E-state index contributed by atoms with van der Waals surface area (Å²) in [6.07, 6.45) is 9.48. The minimum absolute atomic E-state index is 0.492. The number of aromatic nitrogens is 2. The number of hydrogen-bond donors (Lipinski definition) is 1. The van der Waals surface area contributed by atoms with Gasteiger partial charge in [0.1, 0.15) is 0 Å². The fraction of sp³-hybridized carbons (Fsp3) is 0.824. The topological polar surface area (TPSA) is 29.9 Å². The lowest BCUT2D eigenvalue weighted by Crippen LogP contribution is -2.36. The van der Waals surface area contributed by atoms with Crippen LogP contribution < -0.4 is 5.32 Å². The van der Waals surface area contributed by atoms with Gasteiger partial charge in [0.2, 0.25) is 0 Å². The normalized spacial score (nSPS) is 25.6. The Morgan fingerprint density at radius 3 is 2.50 bits per heavy atom. The Bertz CT molecular complexity index is 369. The molecule has 0 spiro atoms. The van der Waals surface area contributed by atoms with Crippen LogP contribution in [0.5, 0.6) is 0 Å². The summed E-state index contributed by atoms with van der Waals surface area (Å²) in [5.74, 6) is 1.79. The number of nitrogens with zero attached hydrogens (tertiary/aromatic N) is 2. The minimum Gasteiger partial charge on any atom is -0.312 e. The van der Waals surface area contributed by atoms with Crippen LogP contribution in [0.3, 0.4) is 0 Å². The van der Waals surface area contributed by atoms with Gasteiger partial charge in [-0.3, -0.25) is 4.68 Å². The van der Waals surface area contributed by atoms with Crippen LogP contribution in [0.15, 0.2) is 18.5 Å². The summed E-state index contributed by atoms with van der Waals surface area (Å²) in [6, 6.07) is 2.48. The van der Waals surface area contributed by atoms with Gasteiger partial charge in [-0.05, 0) is 62.5 Å². The molecule has 1 aliphatic carbocycles. The molecule has 1 N–H and O–H groups in total. The summed E-state index contributed by atoms with van der Waals surface area (Å²) >= 11 is 0. The number of hydrogen-bond acceptors (Lipinski definition) is 2. The molecule has 0 aliphatic heterocycles. The van der Waals surface area contributed by atoms with Crippen molar-refractivity contribution in [3.05, 3.63) is 18.5 Å². The molecule has 1 fully saturated rings. The van der Waals surface area contributed by atoms with Gasteiger partial charge in [0.25, 0.3) is 0 Å². The van der Waals surface area contributed by atoms with Crippen LogP contribution in [0, 0.1) is 17.3 Å². The Hall–Kier alpha value is -0.830. The molecule has 114 valence electrons. The van der Waals surface area contributed by atoms with Crippen LogP contribution in [0.4, 0.5) is 0 Å². The number of rotatable bonds is 5. The van der Waals surface area contributed by atoms with Gasteiger partial charge < -0.3 is 5.32 Å². The summed E-state index contributed by atoms with van der Waals surface area (Å²) in [4.78, 5) is 0. The van der Waals surface area contributed by atoms with Crippen molar-refractivity contribution in [3.63, 3.8) is 0 Å². The molecule has 0 saturated heterocycles. The Morgan fingerprint density at radius 2 is 1.95 bits per heavy atom. The maximum Gasteiger partial charge on any atom is 0.0559 e. The molecule has 3 nitrogen and oxygen atoms in total. The second-order valence-electron chi connectivity index (χ2n) is 7.62. The molecule has 20 heavy (non-hydrogen) atoms. The summed E-state index contributed by atoms with van der Waals surface area (Å²) in [7, 11) is 0. The van der Waals surface area contributed by atoms with Crippen molar-refractivity contribution >= 4 is 0 Å². The maximum atomic E-state index is 4.26. The Kier molecular flexibility index (Phi) is 5.25. The first kappa shape index (κ1) is 15.6.